The molecule has 2 aliphatic rings. The van der Waals surface area contributed by atoms with Crippen molar-refractivity contribution >= 4 is 32.8 Å². The highest BCUT2D eigenvalue weighted by molar-refractivity contribution is 7.92. The zero-order chi connectivity index (χ0) is 26.3. The molecule has 0 bridgehead atoms. The number of aryl methyl sites for hydroxylation is 1. The zero-order valence-corrected chi connectivity index (χ0v) is 22.3. The fourth-order valence-corrected chi connectivity index (χ4v) is 6.02. The van der Waals surface area contributed by atoms with E-state index < -0.39 is 16.3 Å². The van der Waals surface area contributed by atoms with E-state index in [1.807, 2.05) is 42.2 Å². The molecule has 0 radical (unpaired) electrons. The first-order valence-corrected chi connectivity index (χ1v) is 14.7. The molecule has 1 aliphatic carbocycles. The van der Waals surface area contributed by atoms with Gasteiger partial charge in [0.2, 0.25) is 15.7 Å². The van der Waals surface area contributed by atoms with Crippen molar-refractivity contribution in [1.82, 2.24) is 15.2 Å². The van der Waals surface area contributed by atoms with Crippen LogP contribution in [0.2, 0.25) is 0 Å². The third-order valence-electron chi connectivity index (χ3n) is 7.25. The molecule has 1 amide bonds. The topological polar surface area (TPSA) is 116 Å². The summed E-state index contributed by atoms with van der Waals surface area (Å²) in [6, 6.07) is 9.60. The lowest BCUT2D eigenvalue weighted by Gasteiger charge is -2.26. The monoisotopic (exact) mass is 526 g/mol. The predicted octanol–water partition coefficient (Wildman–Crippen LogP) is 3.61. The standard InChI is InChI=1S/C27H34N4O5S/c1-17-7-9-19(10-8-17)24-23(26(33)28-2)21-16-20(18-11-12-18)25(29-27(21)36-24)31(37(3,34)35)15-5-14-30-13-4-6-22(30)32/h7-10,16,18,22,32H,4-6,11-15H2,1-3H3,(H,28,33). The van der Waals surface area contributed by atoms with Crippen LogP contribution >= 0.6 is 0 Å². The number of aromatic nitrogens is 1. The van der Waals surface area contributed by atoms with Crippen molar-refractivity contribution in [3.05, 3.63) is 47.0 Å². The number of pyridine rings is 1. The van der Waals surface area contributed by atoms with Crippen molar-refractivity contribution < 1.29 is 22.7 Å². The van der Waals surface area contributed by atoms with E-state index in [2.05, 4.69) is 5.32 Å². The molecule has 3 aromatic rings. The van der Waals surface area contributed by atoms with Gasteiger partial charge in [-0.05, 0) is 56.6 Å². The number of nitrogens with zero attached hydrogens (tertiary/aromatic N) is 3. The van der Waals surface area contributed by atoms with Crippen LogP contribution in [0.5, 0.6) is 0 Å². The zero-order valence-electron chi connectivity index (χ0n) is 21.5. The van der Waals surface area contributed by atoms with Gasteiger partial charge in [-0.15, -0.1) is 0 Å². The molecule has 1 atom stereocenters. The quantitative estimate of drug-likeness (QED) is 0.438. The van der Waals surface area contributed by atoms with E-state index in [4.69, 9.17) is 9.40 Å². The molecule has 1 saturated carbocycles. The van der Waals surface area contributed by atoms with E-state index >= 15 is 0 Å². The van der Waals surface area contributed by atoms with Gasteiger partial charge in [0, 0.05) is 32.2 Å². The number of carbonyl (C=O) groups is 1. The van der Waals surface area contributed by atoms with E-state index in [-0.39, 0.29) is 24.1 Å². The number of carbonyl (C=O) groups excluding carboxylic acids is 1. The number of benzene rings is 1. The maximum atomic E-state index is 13.0. The molecule has 37 heavy (non-hydrogen) atoms. The fourth-order valence-electron chi connectivity index (χ4n) is 5.10. The van der Waals surface area contributed by atoms with Gasteiger partial charge in [-0.1, -0.05) is 29.8 Å². The van der Waals surface area contributed by atoms with Crippen molar-refractivity contribution in [3.63, 3.8) is 0 Å². The van der Waals surface area contributed by atoms with Gasteiger partial charge >= 0.3 is 0 Å². The number of amides is 1. The Labute approximate surface area is 217 Å². The Morgan fingerprint density at radius 1 is 1.24 bits per heavy atom. The first kappa shape index (κ1) is 25.7. The molecular weight excluding hydrogens is 492 g/mol. The van der Waals surface area contributed by atoms with Gasteiger partial charge in [-0.3, -0.25) is 14.0 Å². The van der Waals surface area contributed by atoms with E-state index in [0.717, 1.165) is 48.9 Å². The van der Waals surface area contributed by atoms with Crippen LogP contribution in [0, 0.1) is 6.92 Å². The molecule has 2 fully saturated rings. The molecule has 2 N–H and O–H groups in total. The average molecular weight is 527 g/mol. The van der Waals surface area contributed by atoms with Gasteiger partial charge in [-0.25, -0.2) is 8.42 Å². The highest BCUT2D eigenvalue weighted by Gasteiger charge is 2.34. The minimum atomic E-state index is -3.64. The minimum Gasteiger partial charge on any atom is -0.437 e. The van der Waals surface area contributed by atoms with Gasteiger partial charge in [0.25, 0.3) is 5.91 Å². The second-order valence-electron chi connectivity index (χ2n) is 10.1. The van der Waals surface area contributed by atoms with Gasteiger partial charge < -0.3 is 14.8 Å². The van der Waals surface area contributed by atoms with E-state index in [1.54, 1.807) is 7.05 Å². The summed E-state index contributed by atoms with van der Waals surface area (Å²) in [5.74, 6) is 0.684. The van der Waals surface area contributed by atoms with E-state index in [9.17, 15) is 18.3 Å². The number of rotatable bonds is 9. The summed E-state index contributed by atoms with van der Waals surface area (Å²) >= 11 is 0. The molecule has 5 rings (SSSR count). The second kappa shape index (κ2) is 10.1. The van der Waals surface area contributed by atoms with Crippen molar-refractivity contribution in [2.45, 2.75) is 51.2 Å². The number of anilines is 1. The number of hydrogen-bond donors (Lipinski definition) is 2. The van der Waals surface area contributed by atoms with Crippen LogP contribution in [0.25, 0.3) is 22.4 Å². The van der Waals surface area contributed by atoms with Gasteiger partial charge in [0.1, 0.15) is 17.8 Å². The molecule has 1 unspecified atom stereocenters. The predicted molar refractivity (Wildman–Crippen MR) is 143 cm³/mol. The molecule has 2 aromatic heterocycles. The van der Waals surface area contributed by atoms with Crippen LogP contribution in [0.1, 0.15) is 59.5 Å². The highest BCUT2D eigenvalue weighted by Crippen LogP contribution is 2.46. The largest absolute Gasteiger partial charge is 0.437 e. The third kappa shape index (κ3) is 5.23. The molecular formula is C27H34N4O5S. The molecule has 3 heterocycles. The van der Waals surface area contributed by atoms with Crippen LogP contribution < -0.4 is 9.62 Å². The Kier molecular flexibility index (Phi) is 6.99. The summed E-state index contributed by atoms with van der Waals surface area (Å²) in [6.07, 6.45) is 4.85. The van der Waals surface area contributed by atoms with Crippen LogP contribution in [0.3, 0.4) is 0 Å². The molecule has 1 aromatic carbocycles. The maximum absolute atomic E-state index is 13.0. The lowest BCUT2D eigenvalue weighted by Crippen LogP contribution is -2.36. The third-order valence-corrected chi connectivity index (χ3v) is 8.40. The number of aliphatic hydroxyl groups excluding tert-OH is 1. The Morgan fingerprint density at radius 3 is 2.57 bits per heavy atom. The molecule has 1 aliphatic heterocycles. The van der Waals surface area contributed by atoms with Crippen LogP contribution in [0.15, 0.2) is 34.7 Å². The summed E-state index contributed by atoms with van der Waals surface area (Å²) < 4.78 is 33.5. The molecule has 1 saturated heterocycles. The van der Waals surface area contributed by atoms with Crippen LogP contribution in [-0.2, 0) is 10.0 Å². The van der Waals surface area contributed by atoms with Crippen LogP contribution in [-0.4, -0.2) is 68.5 Å². The maximum Gasteiger partial charge on any atom is 0.255 e. The lowest BCUT2D eigenvalue weighted by atomic mass is 10.0. The summed E-state index contributed by atoms with van der Waals surface area (Å²) in [6.45, 7) is 3.65. The molecule has 9 nitrogen and oxygen atoms in total. The van der Waals surface area contributed by atoms with Gasteiger partial charge in [-0.2, -0.15) is 4.98 Å². The van der Waals surface area contributed by atoms with Crippen molar-refractivity contribution in [2.24, 2.45) is 0 Å². The first-order chi connectivity index (χ1) is 17.7. The number of furan rings is 1. The number of aliphatic hydroxyl groups is 1. The average Bonchev–Trinajstić information content (AvgIpc) is 3.52. The Bertz CT molecular complexity index is 1410. The van der Waals surface area contributed by atoms with E-state index in [0.29, 0.717) is 35.5 Å². The van der Waals surface area contributed by atoms with Gasteiger partial charge in [0.15, 0.2) is 0 Å². The Morgan fingerprint density at radius 2 is 1.97 bits per heavy atom. The lowest BCUT2D eigenvalue weighted by molar-refractivity contribution is 0.0381. The summed E-state index contributed by atoms with van der Waals surface area (Å²) in [7, 11) is -2.06. The van der Waals surface area contributed by atoms with Crippen molar-refractivity contribution in [2.75, 3.05) is 37.2 Å². The fraction of sp³-hybridized carbons (Fsp3) is 0.481. The number of fused-ring (bicyclic) bond motifs is 1. The van der Waals surface area contributed by atoms with E-state index in [1.165, 1.54) is 10.6 Å². The van der Waals surface area contributed by atoms with Crippen molar-refractivity contribution in [3.8, 4) is 11.3 Å². The number of hydrogen-bond acceptors (Lipinski definition) is 7. The normalized spacial score (nSPS) is 18.4. The smallest absolute Gasteiger partial charge is 0.255 e. The SMILES string of the molecule is CNC(=O)c1c(-c2ccc(C)cc2)oc2nc(N(CCCN3CCCC3O)S(C)(=O)=O)c(C3CC3)cc12. The summed E-state index contributed by atoms with van der Waals surface area (Å²) in [5, 5.41) is 13.4. The first-order valence-electron chi connectivity index (χ1n) is 12.8. The highest BCUT2D eigenvalue weighted by atomic mass is 32.2. The number of nitrogens with one attached hydrogen (secondary N) is 1. The minimum absolute atomic E-state index is 0.187. The molecule has 198 valence electrons. The Balaban J connectivity index is 1.59. The number of sulfonamides is 1. The van der Waals surface area contributed by atoms with Crippen LogP contribution in [0.4, 0.5) is 5.82 Å². The van der Waals surface area contributed by atoms with Crippen molar-refractivity contribution in [1.29, 1.82) is 0 Å². The Hall–Kier alpha value is -2.95. The summed E-state index contributed by atoms with van der Waals surface area (Å²) in [5.41, 5.74) is 3.29. The second-order valence-corrected chi connectivity index (χ2v) is 12.0. The summed E-state index contributed by atoms with van der Waals surface area (Å²) in [4.78, 5) is 19.7. The van der Waals surface area contributed by atoms with Gasteiger partial charge in [0.05, 0.1) is 17.2 Å². The number of likely N-dealkylation sites (tertiary alicyclic amines) is 1. The molecule has 10 heteroatoms. The molecule has 0 spiro atoms.